The molecule has 7 nitrogen and oxygen atoms in total. The van der Waals surface area contributed by atoms with Crippen LogP contribution in [0.15, 0.2) is 54.6 Å². The standard InChI is InChI=1S/C21H23NO6S/c1-15(27-20(23)13-16-11-12-29(25,26)14-16)21(24)22-17-7-9-19(10-8-17)28-18-5-3-2-4-6-18/h2-10,15-16H,11-14H2,1H3,(H,22,24). The summed E-state index contributed by atoms with van der Waals surface area (Å²) >= 11 is 0. The third-order valence-electron chi connectivity index (χ3n) is 4.56. The van der Waals surface area contributed by atoms with Crippen molar-refractivity contribution in [2.45, 2.75) is 25.9 Å². The molecule has 2 unspecified atom stereocenters. The molecule has 1 saturated heterocycles. The first kappa shape index (κ1) is 20.9. The summed E-state index contributed by atoms with van der Waals surface area (Å²) in [6, 6.07) is 16.1. The van der Waals surface area contributed by atoms with Gasteiger partial charge in [-0.2, -0.15) is 0 Å². The number of esters is 1. The zero-order chi connectivity index (χ0) is 20.9. The molecule has 1 aliphatic rings. The predicted octanol–water partition coefficient (Wildman–Crippen LogP) is 3.17. The minimum Gasteiger partial charge on any atom is -0.457 e. The molecule has 1 fully saturated rings. The molecule has 8 heteroatoms. The molecule has 2 aromatic rings. The van der Waals surface area contributed by atoms with E-state index in [2.05, 4.69) is 5.32 Å². The second-order valence-corrected chi connectivity index (χ2v) is 9.26. The number of hydrogen-bond acceptors (Lipinski definition) is 6. The van der Waals surface area contributed by atoms with E-state index in [1.54, 1.807) is 24.3 Å². The van der Waals surface area contributed by atoms with Crippen LogP contribution in [0.4, 0.5) is 5.69 Å². The maximum Gasteiger partial charge on any atom is 0.306 e. The molecule has 0 aliphatic carbocycles. The van der Waals surface area contributed by atoms with Crippen molar-refractivity contribution in [1.29, 1.82) is 0 Å². The molecule has 29 heavy (non-hydrogen) atoms. The van der Waals surface area contributed by atoms with Crippen LogP contribution in [-0.4, -0.2) is 37.9 Å². The van der Waals surface area contributed by atoms with Crippen LogP contribution in [0.5, 0.6) is 11.5 Å². The van der Waals surface area contributed by atoms with Crippen molar-refractivity contribution in [2.75, 3.05) is 16.8 Å². The van der Waals surface area contributed by atoms with Crippen LogP contribution >= 0.6 is 0 Å². The fraction of sp³-hybridized carbons (Fsp3) is 0.333. The van der Waals surface area contributed by atoms with Gasteiger partial charge in [-0.15, -0.1) is 0 Å². The Bertz CT molecular complexity index is 956. The molecule has 1 N–H and O–H groups in total. The number of rotatable bonds is 7. The fourth-order valence-corrected chi connectivity index (χ4v) is 4.90. The summed E-state index contributed by atoms with van der Waals surface area (Å²) in [7, 11) is -3.05. The molecule has 154 valence electrons. The third kappa shape index (κ3) is 6.32. The lowest BCUT2D eigenvalue weighted by molar-refractivity contribution is -0.153. The van der Waals surface area contributed by atoms with E-state index >= 15 is 0 Å². The molecule has 0 radical (unpaired) electrons. The number of benzene rings is 2. The van der Waals surface area contributed by atoms with Gasteiger partial charge in [0.25, 0.3) is 5.91 Å². The maximum atomic E-state index is 12.2. The summed E-state index contributed by atoms with van der Waals surface area (Å²) < 4.78 is 33.8. The molecule has 2 atom stereocenters. The van der Waals surface area contributed by atoms with E-state index in [-0.39, 0.29) is 23.8 Å². The van der Waals surface area contributed by atoms with Crippen LogP contribution in [0.1, 0.15) is 19.8 Å². The largest absolute Gasteiger partial charge is 0.457 e. The zero-order valence-corrected chi connectivity index (χ0v) is 16.9. The number of nitrogens with one attached hydrogen (secondary N) is 1. The Kier molecular flexibility index (Phi) is 6.53. The van der Waals surface area contributed by atoms with Gasteiger partial charge in [-0.3, -0.25) is 9.59 Å². The highest BCUT2D eigenvalue weighted by Gasteiger charge is 2.30. The molecule has 3 rings (SSSR count). The molecule has 1 amide bonds. The monoisotopic (exact) mass is 417 g/mol. The topological polar surface area (TPSA) is 98.8 Å². The number of carbonyl (C=O) groups excluding carboxylic acids is 2. The number of amides is 1. The van der Waals surface area contributed by atoms with E-state index in [1.807, 2.05) is 30.3 Å². The highest BCUT2D eigenvalue weighted by molar-refractivity contribution is 7.91. The minimum atomic E-state index is -3.05. The summed E-state index contributed by atoms with van der Waals surface area (Å²) in [4.78, 5) is 24.2. The summed E-state index contributed by atoms with van der Waals surface area (Å²) in [5, 5.41) is 2.68. The van der Waals surface area contributed by atoms with Crippen LogP contribution in [0.25, 0.3) is 0 Å². The van der Waals surface area contributed by atoms with Gasteiger partial charge in [-0.1, -0.05) is 18.2 Å². The summed E-state index contributed by atoms with van der Waals surface area (Å²) in [6.07, 6.45) is -0.529. The molecule has 0 spiro atoms. The zero-order valence-electron chi connectivity index (χ0n) is 16.0. The van der Waals surface area contributed by atoms with Crippen LogP contribution in [0.2, 0.25) is 0 Å². The lowest BCUT2D eigenvalue weighted by atomic mass is 10.1. The van der Waals surface area contributed by atoms with Crippen molar-refractivity contribution in [3.8, 4) is 11.5 Å². The first-order chi connectivity index (χ1) is 13.8. The summed E-state index contributed by atoms with van der Waals surface area (Å²) in [5.41, 5.74) is 0.542. The van der Waals surface area contributed by atoms with Gasteiger partial charge < -0.3 is 14.8 Å². The van der Waals surface area contributed by atoms with E-state index in [4.69, 9.17) is 9.47 Å². The summed E-state index contributed by atoms with van der Waals surface area (Å²) in [5.74, 6) is 0.167. The molecule has 1 heterocycles. The van der Waals surface area contributed by atoms with Crippen molar-refractivity contribution in [3.63, 3.8) is 0 Å². The van der Waals surface area contributed by atoms with Gasteiger partial charge in [0, 0.05) is 12.1 Å². The van der Waals surface area contributed by atoms with Gasteiger partial charge in [0.15, 0.2) is 15.9 Å². The van der Waals surface area contributed by atoms with E-state index in [0.29, 0.717) is 23.6 Å². The lowest BCUT2D eigenvalue weighted by Gasteiger charge is -2.15. The Labute approximate surface area is 169 Å². The first-order valence-electron chi connectivity index (χ1n) is 9.34. The van der Waals surface area contributed by atoms with Crippen LogP contribution < -0.4 is 10.1 Å². The van der Waals surface area contributed by atoms with Crippen molar-refractivity contribution < 1.29 is 27.5 Å². The smallest absolute Gasteiger partial charge is 0.306 e. The van der Waals surface area contributed by atoms with Gasteiger partial charge in [-0.25, -0.2) is 8.42 Å². The number of sulfone groups is 1. The molecule has 2 aromatic carbocycles. The molecule has 1 aliphatic heterocycles. The number of ether oxygens (including phenoxy) is 2. The Morgan fingerprint density at radius 1 is 1.07 bits per heavy atom. The molecular formula is C21H23NO6S. The van der Waals surface area contributed by atoms with Crippen LogP contribution in [0.3, 0.4) is 0 Å². The third-order valence-corrected chi connectivity index (χ3v) is 6.40. The van der Waals surface area contributed by atoms with E-state index in [0.717, 1.165) is 0 Å². The molecule has 0 saturated carbocycles. The molecule has 0 bridgehead atoms. The SMILES string of the molecule is CC(OC(=O)CC1CCS(=O)(=O)C1)C(=O)Nc1ccc(Oc2ccccc2)cc1. The van der Waals surface area contributed by atoms with Gasteiger partial charge in [-0.05, 0) is 55.7 Å². The van der Waals surface area contributed by atoms with Crippen molar-refractivity contribution in [2.24, 2.45) is 5.92 Å². The molecular weight excluding hydrogens is 394 g/mol. The average Bonchev–Trinajstić information content (AvgIpc) is 3.02. The number of para-hydroxylation sites is 1. The Morgan fingerprint density at radius 3 is 2.34 bits per heavy atom. The maximum absolute atomic E-state index is 12.2. The van der Waals surface area contributed by atoms with Crippen molar-refractivity contribution in [3.05, 3.63) is 54.6 Å². The molecule has 0 aromatic heterocycles. The van der Waals surface area contributed by atoms with Gasteiger partial charge in [0.2, 0.25) is 0 Å². The van der Waals surface area contributed by atoms with E-state index in [9.17, 15) is 18.0 Å². The Balaban J connectivity index is 1.47. The number of anilines is 1. The Morgan fingerprint density at radius 2 is 1.72 bits per heavy atom. The fourth-order valence-electron chi connectivity index (χ4n) is 3.04. The van der Waals surface area contributed by atoms with E-state index < -0.39 is 27.8 Å². The van der Waals surface area contributed by atoms with Crippen LogP contribution in [-0.2, 0) is 24.2 Å². The van der Waals surface area contributed by atoms with Gasteiger partial charge in [0.1, 0.15) is 11.5 Å². The number of carbonyl (C=O) groups is 2. The minimum absolute atomic E-state index is 0.0000779. The predicted molar refractivity (Wildman–Crippen MR) is 109 cm³/mol. The normalized spacial score (nSPS) is 18.6. The Hall–Kier alpha value is -2.87. The highest BCUT2D eigenvalue weighted by atomic mass is 32.2. The first-order valence-corrected chi connectivity index (χ1v) is 11.2. The highest BCUT2D eigenvalue weighted by Crippen LogP contribution is 2.24. The van der Waals surface area contributed by atoms with Crippen molar-refractivity contribution in [1.82, 2.24) is 0 Å². The second-order valence-electron chi connectivity index (χ2n) is 7.03. The summed E-state index contributed by atoms with van der Waals surface area (Å²) in [6.45, 7) is 1.48. The number of hydrogen-bond donors (Lipinski definition) is 1. The average molecular weight is 417 g/mol. The lowest BCUT2D eigenvalue weighted by Crippen LogP contribution is -2.30. The second kappa shape index (κ2) is 9.09. The van der Waals surface area contributed by atoms with Gasteiger partial charge >= 0.3 is 5.97 Å². The van der Waals surface area contributed by atoms with Crippen molar-refractivity contribution >= 4 is 27.4 Å². The quantitative estimate of drug-likeness (QED) is 0.695. The van der Waals surface area contributed by atoms with Crippen LogP contribution in [0, 0.1) is 5.92 Å². The van der Waals surface area contributed by atoms with Gasteiger partial charge in [0.05, 0.1) is 11.5 Å². The van der Waals surface area contributed by atoms with E-state index in [1.165, 1.54) is 6.92 Å².